The number of phenolic OH excluding ortho intramolecular Hbond substituents is 2. The molecule has 0 radical (unpaired) electrons. The van der Waals surface area contributed by atoms with Gasteiger partial charge in [0.15, 0.2) is 0 Å². The minimum absolute atomic E-state index is 0.00131. The molecule has 154 valence electrons. The van der Waals surface area contributed by atoms with Crippen LogP contribution in [-0.4, -0.2) is 32.1 Å². The van der Waals surface area contributed by atoms with Crippen molar-refractivity contribution in [2.24, 2.45) is 10.1 Å². The van der Waals surface area contributed by atoms with Crippen molar-refractivity contribution in [2.75, 3.05) is 6.54 Å². The molecule has 2 N–H and O–H groups in total. The van der Waals surface area contributed by atoms with E-state index in [1.807, 2.05) is 12.3 Å². The normalized spacial score (nSPS) is 12.2. The van der Waals surface area contributed by atoms with Crippen LogP contribution in [0.25, 0.3) is 11.3 Å². The third kappa shape index (κ3) is 4.64. The smallest absolute Gasteiger partial charge is 0.269 e. The van der Waals surface area contributed by atoms with Gasteiger partial charge in [0.05, 0.1) is 22.9 Å². The maximum atomic E-state index is 10.9. The average Bonchev–Trinajstić information content (AvgIpc) is 3.08. The number of rotatable bonds is 6. The maximum Gasteiger partial charge on any atom is 0.269 e. The van der Waals surface area contributed by atoms with Gasteiger partial charge >= 0.3 is 0 Å². The van der Waals surface area contributed by atoms with Gasteiger partial charge in [0.1, 0.15) is 11.5 Å². The molecule has 0 aliphatic carbocycles. The number of aromatic hydroxyl groups is 2. The van der Waals surface area contributed by atoms with Crippen molar-refractivity contribution in [2.45, 2.75) is 13.8 Å². The topological polar surface area (TPSA) is 113 Å². The summed E-state index contributed by atoms with van der Waals surface area (Å²) in [5.41, 5.74) is 3.30. The Labute approximate surface area is 176 Å². The number of nitro groups is 1. The van der Waals surface area contributed by atoms with Gasteiger partial charge in [-0.05, 0) is 38.1 Å². The number of phenols is 2. The van der Waals surface area contributed by atoms with E-state index in [1.54, 1.807) is 29.8 Å². The Morgan fingerprint density at radius 2 is 1.90 bits per heavy atom. The first kappa shape index (κ1) is 21.0. The molecule has 9 heteroatoms. The molecule has 0 bridgehead atoms. The van der Waals surface area contributed by atoms with Crippen molar-refractivity contribution < 1.29 is 15.1 Å². The van der Waals surface area contributed by atoms with Crippen LogP contribution in [0.15, 0.2) is 70.1 Å². The number of aromatic nitrogens is 1. The lowest BCUT2D eigenvalue weighted by atomic mass is 10.1. The van der Waals surface area contributed by atoms with Gasteiger partial charge in [-0.3, -0.25) is 15.1 Å². The molecule has 3 rings (SSSR count). The second-order valence-corrected chi connectivity index (χ2v) is 7.52. The van der Waals surface area contributed by atoms with Crippen LogP contribution in [0.5, 0.6) is 11.5 Å². The van der Waals surface area contributed by atoms with Crippen LogP contribution in [0.2, 0.25) is 0 Å². The van der Waals surface area contributed by atoms with Crippen molar-refractivity contribution in [1.29, 1.82) is 0 Å². The van der Waals surface area contributed by atoms with Crippen molar-refractivity contribution in [3.63, 3.8) is 0 Å². The van der Waals surface area contributed by atoms with E-state index in [0.717, 1.165) is 11.1 Å². The number of thiazole rings is 1. The Hall–Kier alpha value is -3.72. The molecule has 0 spiro atoms. The quantitative estimate of drug-likeness (QED) is 0.266. The van der Waals surface area contributed by atoms with E-state index >= 15 is 0 Å². The third-order valence-corrected chi connectivity index (χ3v) is 5.02. The van der Waals surface area contributed by atoms with Gasteiger partial charge in [0, 0.05) is 34.7 Å². The molecule has 8 nitrogen and oxygen atoms in total. The summed E-state index contributed by atoms with van der Waals surface area (Å²) in [7, 11) is 0. The van der Waals surface area contributed by atoms with Gasteiger partial charge in [0.25, 0.3) is 5.69 Å². The van der Waals surface area contributed by atoms with E-state index in [2.05, 4.69) is 16.7 Å². The lowest BCUT2D eigenvalue weighted by Crippen LogP contribution is -2.15. The standard InChI is InChI=1S/C21H20N4O4S/c1-13(2)11-22-21-24(23-14(3)18-9-8-17(26)10-20(18)27)19(12-30-21)15-4-6-16(7-5-15)25(28)29/h4-10,12,26-27H,1,11H2,2-3H3. The predicted molar refractivity (Wildman–Crippen MR) is 117 cm³/mol. The Morgan fingerprint density at radius 1 is 1.20 bits per heavy atom. The second kappa shape index (κ2) is 8.75. The van der Waals surface area contributed by atoms with Crippen molar-refractivity contribution in [3.05, 3.63) is 80.5 Å². The molecule has 0 atom stereocenters. The number of non-ortho nitro benzene ring substituents is 1. The predicted octanol–water partition coefficient (Wildman–Crippen LogP) is 4.29. The molecule has 2 aromatic carbocycles. The van der Waals surface area contributed by atoms with Crippen molar-refractivity contribution in [1.82, 2.24) is 4.68 Å². The van der Waals surface area contributed by atoms with Gasteiger partial charge in [0.2, 0.25) is 4.80 Å². The molecular weight excluding hydrogens is 404 g/mol. The van der Waals surface area contributed by atoms with E-state index in [0.29, 0.717) is 28.3 Å². The summed E-state index contributed by atoms with van der Waals surface area (Å²) >= 11 is 1.38. The number of nitro benzene ring substituents is 1. The van der Waals surface area contributed by atoms with Crippen molar-refractivity contribution >= 4 is 22.7 Å². The monoisotopic (exact) mass is 424 g/mol. The largest absolute Gasteiger partial charge is 0.508 e. The fourth-order valence-electron chi connectivity index (χ4n) is 2.69. The number of hydrogen-bond acceptors (Lipinski definition) is 7. The minimum atomic E-state index is -0.449. The minimum Gasteiger partial charge on any atom is -0.508 e. The molecule has 1 aromatic heterocycles. The number of nitrogens with zero attached hydrogens (tertiary/aromatic N) is 4. The Balaban J connectivity index is 2.14. The van der Waals surface area contributed by atoms with Crippen LogP contribution in [0.1, 0.15) is 19.4 Å². The van der Waals surface area contributed by atoms with Gasteiger partial charge in [-0.2, -0.15) is 5.10 Å². The molecule has 1 heterocycles. The molecule has 30 heavy (non-hydrogen) atoms. The summed E-state index contributed by atoms with van der Waals surface area (Å²) in [6.07, 6.45) is 0. The van der Waals surface area contributed by atoms with Gasteiger partial charge in [-0.15, -0.1) is 11.3 Å². The van der Waals surface area contributed by atoms with E-state index in [9.17, 15) is 20.3 Å². The summed E-state index contributed by atoms with van der Waals surface area (Å²) in [5, 5.41) is 37.1. The van der Waals surface area contributed by atoms with Crippen LogP contribution in [0.4, 0.5) is 5.69 Å². The Bertz CT molecular complexity index is 1210. The molecule has 0 aliphatic rings. The number of hydrogen-bond donors (Lipinski definition) is 2. The molecule has 0 aliphatic heterocycles. The first-order valence-electron chi connectivity index (χ1n) is 8.94. The first-order chi connectivity index (χ1) is 14.3. The molecule has 3 aromatic rings. The maximum absolute atomic E-state index is 10.9. The van der Waals surface area contributed by atoms with E-state index in [4.69, 9.17) is 0 Å². The third-order valence-electron chi connectivity index (χ3n) is 4.16. The molecule has 0 saturated heterocycles. The molecule has 0 amide bonds. The highest BCUT2D eigenvalue weighted by Gasteiger charge is 2.12. The number of benzene rings is 2. The summed E-state index contributed by atoms with van der Waals surface area (Å²) < 4.78 is 1.64. The lowest BCUT2D eigenvalue weighted by Gasteiger charge is -2.08. The zero-order valence-electron chi connectivity index (χ0n) is 16.4. The van der Waals surface area contributed by atoms with Crippen LogP contribution >= 0.6 is 11.3 Å². The van der Waals surface area contributed by atoms with Gasteiger partial charge in [-0.25, -0.2) is 4.68 Å². The SMILES string of the molecule is C=C(C)CN=c1scc(-c2ccc([N+](=O)[O-])cc2)n1N=C(C)c1ccc(O)cc1O. The molecular formula is C21H20N4O4S. The molecule has 0 fully saturated rings. The van der Waals surface area contributed by atoms with Crippen LogP contribution in [-0.2, 0) is 0 Å². The van der Waals surface area contributed by atoms with Crippen molar-refractivity contribution in [3.8, 4) is 22.8 Å². The van der Waals surface area contributed by atoms with Crippen LogP contribution in [0, 0.1) is 10.1 Å². The van der Waals surface area contributed by atoms with Crippen LogP contribution in [0.3, 0.4) is 0 Å². The highest BCUT2D eigenvalue weighted by atomic mass is 32.1. The second-order valence-electron chi connectivity index (χ2n) is 6.68. The van der Waals surface area contributed by atoms with Gasteiger partial charge in [-0.1, -0.05) is 12.2 Å². The fraction of sp³-hybridized carbons (Fsp3) is 0.143. The first-order valence-corrected chi connectivity index (χ1v) is 9.82. The summed E-state index contributed by atoms with van der Waals surface area (Å²) in [6.45, 7) is 7.91. The zero-order valence-corrected chi connectivity index (χ0v) is 17.3. The molecule has 0 saturated carbocycles. The lowest BCUT2D eigenvalue weighted by molar-refractivity contribution is -0.384. The summed E-state index contributed by atoms with van der Waals surface area (Å²) in [4.78, 5) is 15.7. The summed E-state index contributed by atoms with van der Waals surface area (Å²) in [5.74, 6) is -0.139. The van der Waals surface area contributed by atoms with E-state index < -0.39 is 4.92 Å². The van der Waals surface area contributed by atoms with E-state index in [1.165, 1.54) is 35.6 Å². The van der Waals surface area contributed by atoms with Crippen LogP contribution < -0.4 is 4.80 Å². The fourth-order valence-corrected chi connectivity index (χ4v) is 3.52. The Kier molecular flexibility index (Phi) is 6.12. The van der Waals surface area contributed by atoms with E-state index in [-0.39, 0.29) is 17.2 Å². The Morgan fingerprint density at radius 3 is 2.50 bits per heavy atom. The average molecular weight is 424 g/mol. The molecule has 0 unspecified atom stereocenters. The zero-order chi connectivity index (χ0) is 21.8. The highest BCUT2D eigenvalue weighted by molar-refractivity contribution is 7.07. The highest BCUT2D eigenvalue weighted by Crippen LogP contribution is 2.25. The summed E-state index contributed by atoms with van der Waals surface area (Å²) in [6, 6.07) is 10.5. The van der Waals surface area contributed by atoms with Gasteiger partial charge < -0.3 is 10.2 Å².